The highest BCUT2D eigenvalue weighted by Crippen LogP contribution is 2.33. The van der Waals surface area contributed by atoms with Crippen LogP contribution in [0.5, 0.6) is 0 Å². The number of hydrogen-bond acceptors (Lipinski definition) is 4. The lowest BCUT2D eigenvalue weighted by molar-refractivity contribution is -0.157. The first-order valence-corrected chi connectivity index (χ1v) is 16.8. The fourth-order valence-electron chi connectivity index (χ4n) is 5.89. The molecular weight excluding hydrogens is 552 g/mol. The van der Waals surface area contributed by atoms with Crippen molar-refractivity contribution >= 4 is 28.8 Å². The molecule has 0 aliphatic rings. The van der Waals surface area contributed by atoms with Gasteiger partial charge in [0.1, 0.15) is 11.3 Å². The molecule has 0 saturated heterocycles. The Balaban J connectivity index is 1.62. The molecule has 0 bridgehead atoms. The zero-order chi connectivity index (χ0) is 31.7. The minimum Gasteiger partial charge on any atom is -0.474 e. The lowest BCUT2D eigenvalue weighted by Crippen LogP contribution is -2.39. The monoisotopic (exact) mass is 604 g/mol. The molecule has 44 heavy (non-hydrogen) atoms. The molecule has 7 nitrogen and oxygen atoms in total. The van der Waals surface area contributed by atoms with E-state index in [0.29, 0.717) is 18.5 Å². The summed E-state index contributed by atoms with van der Waals surface area (Å²) in [6, 6.07) is 14.4. The number of para-hydroxylation sites is 1. The van der Waals surface area contributed by atoms with Crippen molar-refractivity contribution in [2.45, 2.75) is 123 Å². The number of furan rings is 1. The van der Waals surface area contributed by atoms with Crippen LogP contribution in [-0.2, 0) is 22.6 Å². The Morgan fingerprint density at radius 3 is 2.02 bits per heavy atom. The van der Waals surface area contributed by atoms with Crippen LogP contribution in [0.2, 0.25) is 0 Å². The lowest BCUT2D eigenvalue weighted by Gasteiger charge is -2.30. The van der Waals surface area contributed by atoms with E-state index in [1.807, 2.05) is 43.3 Å². The normalized spacial score (nSPS) is 11.9. The SMILES string of the molecule is CCCCCCCCCCCCNC(=O)c1ccc(C(CC)N(Cc2c(CCCC)oc3ccccc23)C(=O)C(=O)O)cc1. The average Bonchev–Trinajstić information content (AvgIpc) is 3.39. The van der Waals surface area contributed by atoms with Gasteiger partial charge in [0.15, 0.2) is 0 Å². The Bertz CT molecular complexity index is 1310. The molecule has 1 heterocycles. The number of nitrogens with zero attached hydrogens (tertiary/aromatic N) is 1. The first-order chi connectivity index (χ1) is 21.4. The molecule has 0 aliphatic heterocycles. The summed E-state index contributed by atoms with van der Waals surface area (Å²) in [5.74, 6) is -1.78. The highest BCUT2D eigenvalue weighted by atomic mass is 16.4. The van der Waals surface area contributed by atoms with Gasteiger partial charge >= 0.3 is 11.9 Å². The van der Waals surface area contributed by atoms with Crippen LogP contribution < -0.4 is 5.32 Å². The summed E-state index contributed by atoms with van der Waals surface area (Å²) in [4.78, 5) is 39.3. The van der Waals surface area contributed by atoms with Gasteiger partial charge in [-0.15, -0.1) is 0 Å². The largest absolute Gasteiger partial charge is 0.474 e. The first kappa shape index (κ1) is 34.9. The van der Waals surface area contributed by atoms with Crippen LogP contribution in [0.15, 0.2) is 52.9 Å². The second kappa shape index (κ2) is 18.9. The first-order valence-electron chi connectivity index (χ1n) is 16.8. The molecule has 0 fully saturated rings. The number of rotatable bonds is 20. The van der Waals surface area contributed by atoms with Gasteiger partial charge in [-0.1, -0.05) is 115 Å². The van der Waals surface area contributed by atoms with Gasteiger partial charge in [-0.3, -0.25) is 9.59 Å². The molecule has 1 unspecified atom stereocenters. The number of hydrogen-bond donors (Lipinski definition) is 2. The third-order valence-electron chi connectivity index (χ3n) is 8.45. The van der Waals surface area contributed by atoms with Crippen molar-refractivity contribution in [2.24, 2.45) is 0 Å². The van der Waals surface area contributed by atoms with Crippen LogP contribution in [0.3, 0.4) is 0 Å². The quantitative estimate of drug-likeness (QED) is 0.0990. The zero-order valence-electron chi connectivity index (χ0n) is 27.0. The fraction of sp³-hybridized carbons (Fsp3) is 0.541. The molecule has 0 spiro atoms. The Kier molecular flexibility index (Phi) is 15.0. The fourth-order valence-corrected chi connectivity index (χ4v) is 5.89. The molecule has 3 rings (SSSR count). The number of nitrogens with one attached hydrogen (secondary N) is 1. The maximum atomic E-state index is 13.1. The molecule has 2 N–H and O–H groups in total. The van der Waals surface area contributed by atoms with Crippen LogP contribution in [-0.4, -0.2) is 34.3 Å². The van der Waals surface area contributed by atoms with Gasteiger partial charge in [-0.05, 0) is 43.0 Å². The number of unbranched alkanes of at least 4 members (excludes halogenated alkanes) is 10. The molecule has 240 valence electrons. The van der Waals surface area contributed by atoms with Crippen molar-refractivity contribution in [3.63, 3.8) is 0 Å². The molecule has 1 atom stereocenters. The van der Waals surface area contributed by atoms with E-state index in [4.69, 9.17) is 4.42 Å². The summed E-state index contributed by atoms with van der Waals surface area (Å²) in [7, 11) is 0. The predicted octanol–water partition coefficient (Wildman–Crippen LogP) is 8.99. The number of carboxylic acids is 1. The summed E-state index contributed by atoms with van der Waals surface area (Å²) < 4.78 is 6.15. The number of benzene rings is 2. The molecule has 2 amide bonds. The number of aryl methyl sites for hydroxylation is 1. The molecule has 0 saturated carbocycles. The topological polar surface area (TPSA) is 99.9 Å². The van der Waals surface area contributed by atoms with E-state index in [0.717, 1.165) is 60.0 Å². The van der Waals surface area contributed by atoms with Crippen molar-refractivity contribution in [1.29, 1.82) is 0 Å². The molecule has 7 heteroatoms. The Morgan fingerprint density at radius 2 is 1.41 bits per heavy atom. The summed E-state index contributed by atoms with van der Waals surface area (Å²) in [6.07, 6.45) is 15.7. The third-order valence-corrected chi connectivity index (χ3v) is 8.45. The molecule has 0 radical (unpaired) electrons. The second-order valence-electron chi connectivity index (χ2n) is 11.8. The van der Waals surface area contributed by atoms with Crippen molar-refractivity contribution in [1.82, 2.24) is 10.2 Å². The predicted molar refractivity (Wildman–Crippen MR) is 177 cm³/mol. The number of carboxylic acid groups (broad SMARTS) is 1. The maximum absolute atomic E-state index is 13.1. The minimum atomic E-state index is -1.49. The molecule has 2 aromatic carbocycles. The summed E-state index contributed by atoms with van der Waals surface area (Å²) >= 11 is 0. The maximum Gasteiger partial charge on any atom is 0.394 e. The van der Waals surface area contributed by atoms with Crippen LogP contribution >= 0.6 is 0 Å². The van der Waals surface area contributed by atoms with Gasteiger partial charge in [0.25, 0.3) is 5.91 Å². The van der Waals surface area contributed by atoms with Crippen molar-refractivity contribution in [3.8, 4) is 0 Å². The molecule has 1 aromatic heterocycles. The average molecular weight is 605 g/mol. The van der Waals surface area contributed by atoms with E-state index >= 15 is 0 Å². The number of carbonyl (C=O) groups is 3. The van der Waals surface area contributed by atoms with Crippen LogP contribution in [0.25, 0.3) is 11.0 Å². The van der Waals surface area contributed by atoms with Crippen molar-refractivity contribution in [2.75, 3.05) is 6.54 Å². The third kappa shape index (κ3) is 10.2. The van der Waals surface area contributed by atoms with Gasteiger partial charge in [0, 0.05) is 29.5 Å². The molecule has 0 aliphatic carbocycles. The zero-order valence-corrected chi connectivity index (χ0v) is 27.0. The highest BCUT2D eigenvalue weighted by molar-refractivity contribution is 6.31. The second-order valence-corrected chi connectivity index (χ2v) is 11.8. The smallest absolute Gasteiger partial charge is 0.394 e. The number of carbonyl (C=O) groups excluding carboxylic acids is 2. The summed E-state index contributed by atoms with van der Waals surface area (Å²) in [6.45, 7) is 7.06. The van der Waals surface area contributed by atoms with E-state index < -0.39 is 17.9 Å². The molecular formula is C37H52N2O5. The number of fused-ring (bicyclic) bond motifs is 1. The molecule has 3 aromatic rings. The lowest BCUT2D eigenvalue weighted by atomic mass is 9.99. The number of amides is 2. The van der Waals surface area contributed by atoms with E-state index in [1.54, 1.807) is 12.1 Å². The Hall–Kier alpha value is -3.61. The summed E-state index contributed by atoms with van der Waals surface area (Å²) in [5.41, 5.74) is 2.92. The standard InChI is InChI=1S/C37H52N2O5/c1-4-7-9-10-11-12-13-14-15-18-26-38-35(40)29-24-22-28(23-25-29)32(6-3)39(36(41)37(42)43)27-31-30-19-16-17-21-33(30)44-34(31)20-8-5-2/h16-17,19,21-25,32H,4-15,18,20,26-27H2,1-3H3,(H,38,40)(H,42,43). The van der Waals surface area contributed by atoms with E-state index in [2.05, 4.69) is 19.2 Å². The van der Waals surface area contributed by atoms with Crippen molar-refractivity contribution in [3.05, 3.63) is 71.0 Å². The van der Waals surface area contributed by atoms with Crippen LogP contribution in [0.1, 0.15) is 138 Å². The van der Waals surface area contributed by atoms with Crippen molar-refractivity contribution < 1.29 is 23.9 Å². The van der Waals surface area contributed by atoms with Gasteiger partial charge in [-0.2, -0.15) is 0 Å². The van der Waals surface area contributed by atoms with Gasteiger partial charge in [0.2, 0.25) is 0 Å². The Labute approximate surface area is 263 Å². The number of aliphatic carboxylic acids is 1. The van der Waals surface area contributed by atoms with E-state index in [1.165, 1.54) is 56.3 Å². The summed E-state index contributed by atoms with van der Waals surface area (Å²) in [5, 5.41) is 13.7. The van der Waals surface area contributed by atoms with E-state index in [-0.39, 0.29) is 12.5 Å². The Morgan fingerprint density at radius 1 is 0.795 bits per heavy atom. The van der Waals surface area contributed by atoms with E-state index in [9.17, 15) is 19.5 Å². The van der Waals surface area contributed by atoms with Gasteiger partial charge in [-0.25, -0.2) is 4.79 Å². The highest BCUT2D eigenvalue weighted by Gasteiger charge is 2.31. The van der Waals surface area contributed by atoms with Gasteiger partial charge in [0.05, 0.1) is 12.6 Å². The van der Waals surface area contributed by atoms with Crippen LogP contribution in [0.4, 0.5) is 0 Å². The van der Waals surface area contributed by atoms with Gasteiger partial charge < -0.3 is 19.7 Å². The van der Waals surface area contributed by atoms with Crippen LogP contribution in [0, 0.1) is 0 Å². The minimum absolute atomic E-state index is 0.121.